The molecule has 2 nitrogen and oxygen atoms in total. The van der Waals surface area contributed by atoms with Gasteiger partial charge in [-0.1, -0.05) is 18.6 Å². The number of hydrogen-bond donors (Lipinski definition) is 1. The van der Waals surface area contributed by atoms with Crippen LogP contribution in [0.25, 0.3) is 0 Å². The first-order valence-electron chi connectivity index (χ1n) is 6.81. The van der Waals surface area contributed by atoms with Crippen molar-refractivity contribution in [3.05, 3.63) is 29.8 Å². The van der Waals surface area contributed by atoms with Gasteiger partial charge in [-0.2, -0.15) is 11.8 Å². The van der Waals surface area contributed by atoms with E-state index < -0.39 is 0 Å². The van der Waals surface area contributed by atoms with E-state index in [2.05, 4.69) is 29.8 Å². The van der Waals surface area contributed by atoms with Gasteiger partial charge in [0.15, 0.2) is 0 Å². The minimum absolute atomic E-state index is 0.677. The standard InChI is InChI=1S/C15H23NOS/c1-3-17-13-7-4-6-12(10-13)11-16-14-8-5-9-15(14)18-2/h4,6-7,10,14-16H,3,5,8-9,11H2,1-2H3. The molecule has 2 atom stereocenters. The summed E-state index contributed by atoms with van der Waals surface area (Å²) in [5, 5.41) is 4.48. The van der Waals surface area contributed by atoms with Crippen LogP contribution in [0.4, 0.5) is 0 Å². The molecule has 1 aromatic rings. The third-order valence-corrected chi connectivity index (χ3v) is 4.70. The van der Waals surface area contributed by atoms with Gasteiger partial charge in [-0.3, -0.25) is 0 Å². The van der Waals surface area contributed by atoms with Crippen LogP contribution >= 0.6 is 11.8 Å². The Morgan fingerprint density at radius 1 is 1.39 bits per heavy atom. The van der Waals surface area contributed by atoms with Crippen LogP contribution in [0.15, 0.2) is 24.3 Å². The second-order valence-electron chi connectivity index (χ2n) is 4.77. The summed E-state index contributed by atoms with van der Waals surface area (Å²) in [7, 11) is 0. The van der Waals surface area contributed by atoms with Crippen LogP contribution in [0.2, 0.25) is 0 Å². The fraction of sp³-hybridized carbons (Fsp3) is 0.600. The topological polar surface area (TPSA) is 21.3 Å². The third kappa shape index (κ3) is 3.66. The predicted molar refractivity (Wildman–Crippen MR) is 79.4 cm³/mol. The zero-order valence-corrected chi connectivity index (χ0v) is 12.1. The number of rotatable bonds is 6. The normalized spacial score (nSPS) is 23.2. The van der Waals surface area contributed by atoms with Crippen LogP contribution in [0, 0.1) is 0 Å². The number of nitrogens with one attached hydrogen (secondary N) is 1. The molecule has 2 rings (SSSR count). The predicted octanol–water partition coefficient (Wildman–Crippen LogP) is 3.46. The molecule has 1 saturated carbocycles. The molecule has 1 aromatic carbocycles. The second-order valence-corrected chi connectivity index (χ2v) is 5.85. The maximum atomic E-state index is 5.53. The Labute approximate surface area is 114 Å². The Bertz CT molecular complexity index is 369. The van der Waals surface area contributed by atoms with Crippen molar-refractivity contribution >= 4 is 11.8 Å². The smallest absolute Gasteiger partial charge is 0.119 e. The van der Waals surface area contributed by atoms with Gasteiger partial charge in [0.1, 0.15) is 5.75 Å². The largest absolute Gasteiger partial charge is 0.494 e. The van der Waals surface area contributed by atoms with Crippen molar-refractivity contribution in [2.24, 2.45) is 0 Å². The summed E-state index contributed by atoms with van der Waals surface area (Å²) >= 11 is 2.00. The van der Waals surface area contributed by atoms with Gasteiger partial charge in [-0.05, 0) is 43.7 Å². The average molecular weight is 265 g/mol. The number of thioether (sulfide) groups is 1. The van der Waals surface area contributed by atoms with Crippen LogP contribution in [-0.4, -0.2) is 24.2 Å². The Balaban J connectivity index is 1.87. The van der Waals surface area contributed by atoms with Gasteiger partial charge in [-0.25, -0.2) is 0 Å². The highest BCUT2D eigenvalue weighted by atomic mass is 32.2. The lowest BCUT2D eigenvalue weighted by atomic mass is 10.2. The monoisotopic (exact) mass is 265 g/mol. The Morgan fingerprint density at radius 3 is 3.06 bits per heavy atom. The second kappa shape index (κ2) is 7.05. The van der Waals surface area contributed by atoms with Crippen LogP contribution < -0.4 is 10.1 Å². The van der Waals surface area contributed by atoms with E-state index in [9.17, 15) is 0 Å². The van der Waals surface area contributed by atoms with Gasteiger partial charge < -0.3 is 10.1 Å². The van der Waals surface area contributed by atoms with Crippen molar-refractivity contribution in [2.75, 3.05) is 12.9 Å². The molecule has 0 heterocycles. The molecule has 0 amide bonds. The SMILES string of the molecule is CCOc1cccc(CNC2CCCC2SC)c1. The molecular formula is C15H23NOS. The highest BCUT2D eigenvalue weighted by molar-refractivity contribution is 7.99. The highest BCUT2D eigenvalue weighted by Crippen LogP contribution is 2.28. The first kappa shape index (κ1) is 13.8. The number of ether oxygens (including phenoxy) is 1. The Kier molecular flexibility index (Phi) is 5.39. The van der Waals surface area contributed by atoms with Gasteiger partial charge in [0.2, 0.25) is 0 Å². The van der Waals surface area contributed by atoms with E-state index in [4.69, 9.17) is 4.74 Å². The summed E-state index contributed by atoms with van der Waals surface area (Å²) in [5.41, 5.74) is 1.31. The molecule has 0 bridgehead atoms. The van der Waals surface area contributed by atoms with E-state index in [0.717, 1.165) is 24.2 Å². The molecule has 18 heavy (non-hydrogen) atoms. The Hall–Kier alpha value is -0.670. The van der Waals surface area contributed by atoms with Crippen molar-refractivity contribution in [3.63, 3.8) is 0 Å². The molecule has 3 heteroatoms. The van der Waals surface area contributed by atoms with E-state index in [-0.39, 0.29) is 0 Å². The van der Waals surface area contributed by atoms with Gasteiger partial charge in [0, 0.05) is 17.8 Å². The van der Waals surface area contributed by atoms with Gasteiger partial charge in [0.25, 0.3) is 0 Å². The molecule has 1 aliphatic carbocycles. The van der Waals surface area contributed by atoms with E-state index >= 15 is 0 Å². The molecule has 2 unspecified atom stereocenters. The van der Waals surface area contributed by atoms with Crippen molar-refractivity contribution in [1.82, 2.24) is 5.32 Å². The molecule has 1 N–H and O–H groups in total. The van der Waals surface area contributed by atoms with Crippen LogP contribution in [0.3, 0.4) is 0 Å². The summed E-state index contributed by atoms with van der Waals surface area (Å²) < 4.78 is 5.53. The molecule has 1 aliphatic rings. The Morgan fingerprint density at radius 2 is 2.28 bits per heavy atom. The van der Waals surface area contributed by atoms with Crippen molar-refractivity contribution in [2.45, 2.75) is 44.0 Å². The van der Waals surface area contributed by atoms with Crippen LogP contribution in [0.1, 0.15) is 31.7 Å². The molecule has 1 fully saturated rings. The van der Waals surface area contributed by atoms with Gasteiger partial charge in [0.05, 0.1) is 6.61 Å². The summed E-state index contributed by atoms with van der Waals surface area (Å²) in [4.78, 5) is 0. The molecule has 0 saturated heterocycles. The molecule has 0 aliphatic heterocycles. The minimum atomic E-state index is 0.677. The summed E-state index contributed by atoms with van der Waals surface area (Å²) in [6.45, 7) is 3.70. The van der Waals surface area contributed by atoms with E-state index in [0.29, 0.717) is 6.04 Å². The van der Waals surface area contributed by atoms with Crippen molar-refractivity contribution in [3.8, 4) is 5.75 Å². The van der Waals surface area contributed by atoms with E-state index in [1.54, 1.807) is 0 Å². The first-order valence-corrected chi connectivity index (χ1v) is 8.10. The minimum Gasteiger partial charge on any atom is -0.494 e. The van der Waals surface area contributed by atoms with Crippen molar-refractivity contribution in [1.29, 1.82) is 0 Å². The first-order chi connectivity index (χ1) is 8.83. The molecule has 0 aromatic heterocycles. The molecule has 100 valence electrons. The zero-order valence-electron chi connectivity index (χ0n) is 11.3. The maximum absolute atomic E-state index is 5.53. The molecule has 0 radical (unpaired) electrons. The zero-order chi connectivity index (χ0) is 12.8. The van der Waals surface area contributed by atoms with Gasteiger partial charge >= 0.3 is 0 Å². The maximum Gasteiger partial charge on any atom is 0.119 e. The van der Waals surface area contributed by atoms with E-state index in [1.807, 2.05) is 24.8 Å². The highest BCUT2D eigenvalue weighted by Gasteiger charge is 2.25. The molecular weight excluding hydrogens is 242 g/mol. The lowest BCUT2D eigenvalue weighted by Gasteiger charge is -2.19. The average Bonchev–Trinajstić information content (AvgIpc) is 2.84. The number of hydrogen-bond acceptors (Lipinski definition) is 3. The van der Waals surface area contributed by atoms with Crippen LogP contribution in [-0.2, 0) is 6.54 Å². The number of benzene rings is 1. The van der Waals surface area contributed by atoms with Crippen LogP contribution in [0.5, 0.6) is 5.75 Å². The quantitative estimate of drug-likeness (QED) is 0.851. The fourth-order valence-electron chi connectivity index (χ4n) is 2.60. The van der Waals surface area contributed by atoms with Gasteiger partial charge in [-0.15, -0.1) is 0 Å². The fourth-order valence-corrected chi connectivity index (χ4v) is 3.57. The van der Waals surface area contributed by atoms with Crippen molar-refractivity contribution < 1.29 is 4.74 Å². The lowest BCUT2D eigenvalue weighted by molar-refractivity contribution is 0.339. The molecule has 0 spiro atoms. The van der Waals surface area contributed by atoms with E-state index in [1.165, 1.54) is 24.8 Å². The summed E-state index contributed by atoms with van der Waals surface area (Å²) in [6.07, 6.45) is 6.26. The summed E-state index contributed by atoms with van der Waals surface area (Å²) in [6, 6.07) is 9.07. The third-order valence-electron chi connectivity index (χ3n) is 3.53. The summed E-state index contributed by atoms with van der Waals surface area (Å²) in [5.74, 6) is 0.977. The lowest BCUT2D eigenvalue weighted by Crippen LogP contribution is -2.33.